The van der Waals surface area contributed by atoms with Gasteiger partial charge < -0.3 is 14.6 Å². The van der Waals surface area contributed by atoms with Gasteiger partial charge in [0.2, 0.25) is 5.88 Å². The van der Waals surface area contributed by atoms with E-state index in [-0.39, 0.29) is 11.7 Å². The molecule has 226 valence electrons. The summed E-state index contributed by atoms with van der Waals surface area (Å²) >= 11 is 0. The third-order valence-electron chi connectivity index (χ3n) is 7.96. The van der Waals surface area contributed by atoms with Gasteiger partial charge in [-0.3, -0.25) is 9.69 Å². The Morgan fingerprint density at radius 1 is 1.10 bits per heavy atom. The molecule has 6 nitrogen and oxygen atoms in total. The largest absolute Gasteiger partial charge is 0.493 e. The minimum atomic E-state index is -0.751. The van der Waals surface area contributed by atoms with E-state index in [0.29, 0.717) is 23.9 Å². The number of pyridine rings is 1. The fraction of sp³-hybridized carbons (Fsp3) is 0.486. The first-order valence-electron chi connectivity index (χ1n) is 15.3. The van der Waals surface area contributed by atoms with Gasteiger partial charge in [-0.15, -0.1) is 0 Å². The molecular weight excluding hydrogens is 531 g/mol. The number of hydrogen-bond donors (Lipinski definition) is 1. The van der Waals surface area contributed by atoms with Gasteiger partial charge >= 0.3 is 5.97 Å². The van der Waals surface area contributed by atoms with E-state index in [2.05, 4.69) is 28.9 Å². The lowest BCUT2D eigenvalue weighted by molar-refractivity contribution is -0.141. The van der Waals surface area contributed by atoms with Crippen molar-refractivity contribution in [3.63, 3.8) is 0 Å². The van der Waals surface area contributed by atoms with Crippen molar-refractivity contribution < 1.29 is 23.8 Å². The zero-order valence-electron chi connectivity index (χ0n) is 25.3. The summed E-state index contributed by atoms with van der Waals surface area (Å²) in [6.45, 7) is 6.73. The van der Waals surface area contributed by atoms with Crippen molar-refractivity contribution in [2.75, 3.05) is 20.3 Å². The molecule has 3 aliphatic rings. The van der Waals surface area contributed by atoms with Crippen LogP contribution in [0.5, 0.6) is 11.6 Å². The Labute approximate surface area is 249 Å². The normalized spacial score (nSPS) is 18.1. The highest BCUT2D eigenvalue weighted by Gasteiger charge is 2.20. The van der Waals surface area contributed by atoms with Gasteiger partial charge in [0.15, 0.2) is 0 Å². The lowest BCUT2D eigenvalue weighted by Gasteiger charge is -2.33. The minimum Gasteiger partial charge on any atom is -0.493 e. The van der Waals surface area contributed by atoms with Gasteiger partial charge in [-0.05, 0) is 73.9 Å². The first-order chi connectivity index (χ1) is 20.4. The Bertz CT molecular complexity index is 1310. The molecule has 0 bridgehead atoms. The summed E-state index contributed by atoms with van der Waals surface area (Å²) in [7, 11) is 1.55. The molecular formula is C35H45FN2O4. The zero-order chi connectivity index (χ0) is 29.9. The van der Waals surface area contributed by atoms with Crippen LogP contribution in [-0.2, 0) is 24.2 Å². The second-order valence-electron chi connectivity index (χ2n) is 11.6. The summed E-state index contributed by atoms with van der Waals surface area (Å²) in [5, 5.41) is 8.85. The predicted octanol–water partition coefficient (Wildman–Crippen LogP) is 7.72. The number of fused-ring (bicyclic) bond motifs is 1. The lowest BCUT2D eigenvalue weighted by Crippen LogP contribution is -2.36. The molecule has 1 aromatic heterocycles. The molecule has 42 heavy (non-hydrogen) atoms. The molecule has 2 fully saturated rings. The SMILES string of the molecule is C1CC1.CC(Cc1ccc2c(c1)OCCC2)C(=O)O.COc1cc(-c2ccccc2CN2CCCCC2C)c(F)cn1. The molecule has 2 atom stereocenters. The first kappa shape index (κ1) is 31.5. The molecule has 2 aliphatic heterocycles. The fourth-order valence-electron chi connectivity index (χ4n) is 5.22. The summed E-state index contributed by atoms with van der Waals surface area (Å²) in [6, 6.07) is 16.3. The second kappa shape index (κ2) is 15.7. The molecule has 0 amide bonds. The van der Waals surface area contributed by atoms with E-state index in [9.17, 15) is 9.18 Å². The number of carbonyl (C=O) groups is 1. The maximum absolute atomic E-state index is 14.3. The highest BCUT2D eigenvalue weighted by atomic mass is 19.1. The van der Waals surface area contributed by atoms with Crippen LogP contribution >= 0.6 is 0 Å². The zero-order valence-corrected chi connectivity index (χ0v) is 25.3. The van der Waals surface area contributed by atoms with E-state index < -0.39 is 5.97 Å². The standard InChI is InChI=1S/C19H23FN2O.C13H16O3.C3H6/c1-14-7-5-6-10-22(14)13-15-8-3-4-9-16(15)17-11-19(23-2)21-12-18(17)20;1-9(13(14)15)7-10-4-5-11-3-2-6-16-12(11)8-10;1-2-3-1/h3-4,8-9,11-12,14H,5-7,10,13H2,1-2H3;4-5,8-9H,2-3,6-7H2,1H3,(H,14,15);1-3H2. The second-order valence-corrected chi connectivity index (χ2v) is 11.6. The molecule has 1 saturated heterocycles. The van der Waals surface area contributed by atoms with Gasteiger partial charge in [-0.25, -0.2) is 9.37 Å². The highest BCUT2D eigenvalue weighted by Crippen LogP contribution is 2.31. The van der Waals surface area contributed by atoms with Gasteiger partial charge in [0.05, 0.1) is 25.8 Å². The van der Waals surface area contributed by atoms with Crippen LogP contribution in [0.25, 0.3) is 11.1 Å². The Kier molecular flexibility index (Phi) is 11.8. The van der Waals surface area contributed by atoms with Gasteiger partial charge in [0, 0.05) is 24.2 Å². The number of ether oxygens (including phenoxy) is 2. The van der Waals surface area contributed by atoms with Crippen LogP contribution in [0.3, 0.4) is 0 Å². The van der Waals surface area contributed by atoms with Crippen molar-refractivity contribution in [3.8, 4) is 22.8 Å². The number of likely N-dealkylation sites (tertiary alicyclic amines) is 1. The number of aliphatic carboxylic acids is 1. The predicted molar refractivity (Wildman–Crippen MR) is 165 cm³/mol. The van der Waals surface area contributed by atoms with Gasteiger partial charge in [0.25, 0.3) is 0 Å². The van der Waals surface area contributed by atoms with Gasteiger partial charge in [-0.2, -0.15) is 0 Å². The average molecular weight is 577 g/mol. The Balaban J connectivity index is 0.000000184. The number of hydrogen-bond acceptors (Lipinski definition) is 5. The number of methoxy groups -OCH3 is 1. The van der Waals surface area contributed by atoms with Crippen LogP contribution in [0.4, 0.5) is 4.39 Å². The van der Waals surface area contributed by atoms with E-state index >= 15 is 0 Å². The highest BCUT2D eigenvalue weighted by molar-refractivity contribution is 5.70. The molecule has 1 aliphatic carbocycles. The summed E-state index contributed by atoms with van der Waals surface area (Å²) in [4.78, 5) is 17.2. The number of aromatic nitrogens is 1. The summed E-state index contributed by atoms with van der Waals surface area (Å²) in [6.07, 6.45) is 12.2. The summed E-state index contributed by atoms with van der Waals surface area (Å²) < 4.78 is 25.0. The van der Waals surface area contributed by atoms with Crippen LogP contribution < -0.4 is 9.47 Å². The van der Waals surface area contributed by atoms with E-state index in [0.717, 1.165) is 55.0 Å². The van der Waals surface area contributed by atoms with Crippen molar-refractivity contribution in [1.29, 1.82) is 0 Å². The van der Waals surface area contributed by atoms with Crippen LogP contribution in [0.15, 0.2) is 54.7 Å². The molecule has 3 heterocycles. The number of aryl methyl sites for hydroxylation is 1. The van der Waals surface area contributed by atoms with Crippen LogP contribution in [0.2, 0.25) is 0 Å². The van der Waals surface area contributed by atoms with E-state index in [1.165, 1.54) is 50.3 Å². The third kappa shape index (κ3) is 9.28. The summed E-state index contributed by atoms with van der Waals surface area (Å²) in [5.41, 5.74) is 4.89. The molecule has 3 aromatic rings. The maximum Gasteiger partial charge on any atom is 0.306 e. The van der Waals surface area contributed by atoms with Gasteiger partial charge in [-0.1, -0.05) is 69.0 Å². The van der Waals surface area contributed by atoms with Crippen LogP contribution in [0, 0.1) is 11.7 Å². The number of carboxylic acids is 1. The molecule has 2 aromatic carbocycles. The number of nitrogens with zero attached hydrogens (tertiary/aromatic N) is 2. The molecule has 7 heteroatoms. The van der Waals surface area contributed by atoms with Crippen molar-refractivity contribution in [2.45, 2.75) is 84.2 Å². The molecule has 6 rings (SSSR count). The van der Waals surface area contributed by atoms with Crippen LogP contribution in [0.1, 0.15) is 75.5 Å². The first-order valence-corrected chi connectivity index (χ1v) is 15.3. The topological polar surface area (TPSA) is 71.9 Å². The van der Waals surface area contributed by atoms with Crippen molar-refractivity contribution in [3.05, 3.63) is 77.2 Å². The van der Waals surface area contributed by atoms with Crippen LogP contribution in [-0.4, -0.2) is 47.3 Å². The Morgan fingerprint density at radius 3 is 2.60 bits per heavy atom. The molecule has 2 unspecified atom stereocenters. The molecule has 0 spiro atoms. The number of piperidine rings is 1. The Morgan fingerprint density at radius 2 is 1.88 bits per heavy atom. The minimum absolute atomic E-state index is 0.315. The van der Waals surface area contributed by atoms with E-state index in [1.54, 1.807) is 20.1 Å². The third-order valence-corrected chi connectivity index (χ3v) is 7.96. The quantitative estimate of drug-likeness (QED) is 0.311. The lowest BCUT2D eigenvalue weighted by atomic mass is 9.97. The van der Waals surface area contributed by atoms with E-state index in [4.69, 9.17) is 14.6 Å². The maximum atomic E-state index is 14.3. The Hall–Kier alpha value is -3.45. The van der Waals surface area contributed by atoms with E-state index in [1.807, 2.05) is 30.3 Å². The van der Waals surface area contributed by atoms with Crippen molar-refractivity contribution >= 4 is 5.97 Å². The number of rotatable bonds is 7. The number of carboxylic acid groups (broad SMARTS) is 1. The van der Waals surface area contributed by atoms with Crippen molar-refractivity contribution in [2.24, 2.45) is 5.92 Å². The molecule has 1 N–H and O–H groups in total. The fourth-order valence-corrected chi connectivity index (χ4v) is 5.22. The molecule has 0 radical (unpaired) electrons. The number of halogens is 1. The molecule has 1 saturated carbocycles. The average Bonchev–Trinajstić information content (AvgIpc) is 3.89. The monoisotopic (exact) mass is 576 g/mol. The van der Waals surface area contributed by atoms with Crippen molar-refractivity contribution in [1.82, 2.24) is 9.88 Å². The number of benzene rings is 2. The smallest absolute Gasteiger partial charge is 0.306 e. The summed E-state index contributed by atoms with van der Waals surface area (Å²) in [5.74, 6) is -0.0471. The van der Waals surface area contributed by atoms with Gasteiger partial charge in [0.1, 0.15) is 11.6 Å².